The van der Waals surface area contributed by atoms with Gasteiger partial charge in [0, 0.05) is 16.6 Å². The summed E-state index contributed by atoms with van der Waals surface area (Å²) in [7, 11) is 1.64. The van der Waals surface area contributed by atoms with E-state index < -0.39 is 5.60 Å². The number of carbonyl (C=O) groups is 2. The van der Waals surface area contributed by atoms with Crippen LogP contribution in [0.15, 0.2) is 24.3 Å². The SMILES string of the molecule is COc1ccc2[nH]c(CNC(=O)C3CC(=O)OC34CCCCC4)cc2c1. The van der Waals surface area contributed by atoms with Crippen molar-refractivity contribution >= 4 is 22.8 Å². The van der Waals surface area contributed by atoms with Gasteiger partial charge in [0.2, 0.25) is 5.91 Å². The predicted octanol–water partition coefficient (Wildman–Crippen LogP) is 3.06. The van der Waals surface area contributed by atoms with Crippen molar-refractivity contribution in [3.63, 3.8) is 0 Å². The monoisotopic (exact) mass is 356 g/mol. The molecule has 0 radical (unpaired) electrons. The van der Waals surface area contributed by atoms with E-state index in [0.717, 1.165) is 54.5 Å². The van der Waals surface area contributed by atoms with Gasteiger partial charge in [-0.15, -0.1) is 0 Å². The molecule has 1 atom stereocenters. The van der Waals surface area contributed by atoms with Crippen molar-refractivity contribution in [3.8, 4) is 5.75 Å². The molecule has 1 saturated carbocycles. The first-order chi connectivity index (χ1) is 12.6. The normalized spacial score (nSPS) is 21.7. The molecule has 0 bridgehead atoms. The van der Waals surface area contributed by atoms with Crippen LogP contribution in [0, 0.1) is 5.92 Å². The van der Waals surface area contributed by atoms with Crippen LogP contribution < -0.4 is 10.1 Å². The molecule has 1 aliphatic carbocycles. The minimum Gasteiger partial charge on any atom is -0.497 e. The number of rotatable bonds is 4. The Bertz CT molecular complexity index is 835. The summed E-state index contributed by atoms with van der Waals surface area (Å²) < 4.78 is 10.9. The van der Waals surface area contributed by atoms with Gasteiger partial charge in [-0.2, -0.15) is 0 Å². The highest BCUT2D eigenvalue weighted by Gasteiger charge is 2.52. The topological polar surface area (TPSA) is 80.4 Å². The first-order valence-corrected chi connectivity index (χ1v) is 9.25. The van der Waals surface area contributed by atoms with Crippen molar-refractivity contribution < 1.29 is 19.1 Å². The Morgan fingerprint density at radius 2 is 2.12 bits per heavy atom. The van der Waals surface area contributed by atoms with Gasteiger partial charge in [0.05, 0.1) is 26.0 Å². The lowest BCUT2D eigenvalue weighted by molar-refractivity contribution is -0.153. The Morgan fingerprint density at radius 3 is 2.88 bits per heavy atom. The minimum absolute atomic E-state index is 0.0889. The molecule has 2 heterocycles. The van der Waals surface area contributed by atoms with E-state index >= 15 is 0 Å². The minimum atomic E-state index is -0.576. The molecule has 138 valence electrons. The van der Waals surface area contributed by atoms with Gasteiger partial charge in [-0.05, 0) is 49.9 Å². The number of fused-ring (bicyclic) bond motifs is 1. The maximum Gasteiger partial charge on any atom is 0.307 e. The zero-order valence-electron chi connectivity index (χ0n) is 15.0. The number of ether oxygens (including phenoxy) is 2. The highest BCUT2D eigenvalue weighted by molar-refractivity contribution is 5.88. The molecule has 2 N–H and O–H groups in total. The summed E-state index contributed by atoms with van der Waals surface area (Å²) in [6.45, 7) is 0.399. The molecule has 1 spiro atoms. The number of hydrogen-bond donors (Lipinski definition) is 2. The fraction of sp³-hybridized carbons (Fsp3) is 0.500. The van der Waals surface area contributed by atoms with Crippen LogP contribution in [0.5, 0.6) is 5.75 Å². The third kappa shape index (κ3) is 3.04. The van der Waals surface area contributed by atoms with E-state index in [0.29, 0.717) is 6.54 Å². The van der Waals surface area contributed by atoms with Crippen LogP contribution in [0.3, 0.4) is 0 Å². The number of amides is 1. The van der Waals surface area contributed by atoms with Gasteiger partial charge in [0.15, 0.2) is 0 Å². The Morgan fingerprint density at radius 1 is 1.31 bits per heavy atom. The molecule has 1 unspecified atom stereocenters. The Hall–Kier alpha value is -2.50. The molecule has 6 heteroatoms. The van der Waals surface area contributed by atoms with Gasteiger partial charge in [-0.25, -0.2) is 0 Å². The summed E-state index contributed by atoms with van der Waals surface area (Å²) in [5.41, 5.74) is 1.34. The summed E-state index contributed by atoms with van der Waals surface area (Å²) in [4.78, 5) is 27.9. The maximum absolute atomic E-state index is 12.8. The van der Waals surface area contributed by atoms with Crippen molar-refractivity contribution in [2.24, 2.45) is 5.92 Å². The summed E-state index contributed by atoms with van der Waals surface area (Å²) in [6, 6.07) is 7.82. The lowest BCUT2D eigenvalue weighted by Crippen LogP contribution is -2.45. The van der Waals surface area contributed by atoms with Crippen LogP contribution in [0.2, 0.25) is 0 Å². The summed E-state index contributed by atoms with van der Waals surface area (Å²) in [5, 5.41) is 4.03. The molecule has 1 aliphatic heterocycles. The number of H-pyrrole nitrogens is 1. The lowest BCUT2D eigenvalue weighted by atomic mass is 9.75. The number of aromatic nitrogens is 1. The smallest absolute Gasteiger partial charge is 0.307 e. The second-order valence-electron chi connectivity index (χ2n) is 7.32. The van der Waals surface area contributed by atoms with Gasteiger partial charge in [-0.1, -0.05) is 6.42 Å². The van der Waals surface area contributed by atoms with Crippen molar-refractivity contribution in [2.45, 2.75) is 50.7 Å². The number of methoxy groups -OCH3 is 1. The first kappa shape index (κ1) is 16.9. The number of nitrogens with one attached hydrogen (secondary N) is 2. The molecule has 2 aliphatic rings. The predicted molar refractivity (Wildman–Crippen MR) is 96.7 cm³/mol. The van der Waals surface area contributed by atoms with Crippen LogP contribution in [0.1, 0.15) is 44.2 Å². The Labute approximate surface area is 152 Å². The number of benzene rings is 1. The molecule has 1 aromatic heterocycles. The largest absolute Gasteiger partial charge is 0.497 e. The van der Waals surface area contributed by atoms with Crippen molar-refractivity contribution in [1.82, 2.24) is 10.3 Å². The van der Waals surface area contributed by atoms with E-state index in [4.69, 9.17) is 9.47 Å². The lowest BCUT2D eigenvalue weighted by Gasteiger charge is -2.36. The van der Waals surface area contributed by atoms with E-state index in [-0.39, 0.29) is 24.2 Å². The van der Waals surface area contributed by atoms with Gasteiger partial charge in [0.1, 0.15) is 11.4 Å². The van der Waals surface area contributed by atoms with Crippen molar-refractivity contribution in [3.05, 3.63) is 30.0 Å². The zero-order valence-corrected chi connectivity index (χ0v) is 15.0. The van der Waals surface area contributed by atoms with Crippen LogP contribution in [-0.2, 0) is 20.9 Å². The first-order valence-electron chi connectivity index (χ1n) is 9.25. The third-order valence-corrected chi connectivity index (χ3v) is 5.68. The Balaban J connectivity index is 1.45. The molecule has 1 amide bonds. The van der Waals surface area contributed by atoms with Crippen LogP contribution in [0.25, 0.3) is 10.9 Å². The molecule has 4 rings (SSSR count). The van der Waals surface area contributed by atoms with E-state index in [2.05, 4.69) is 10.3 Å². The van der Waals surface area contributed by atoms with E-state index in [1.165, 1.54) is 0 Å². The van der Waals surface area contributed by atoms with E-state index in [9.17, 15) is 9.59 Å². The molecule has 6 nitrogen and oxygen atoms in total. The maximum atomic E-state index is 12.8. The van der Waals surface area contributed by atoms with Crippen LogP contribution in [0.4, 0.5) is 0 Å². The van der Waals surface area contributed by atoms with Gasteiger partial charge in [-0.3, -0.25) is 9.59 Å². The van der Waals surface area contributed by atoms with E-state index in [1.54, 1.807) is 7.11 Å². The van der Waals surface area contributed by atoms with Crippen molar-refractivity contribution in [2.75, 3.05) is 7.11 Å². The molecule has 1 aromatic carbocycles. The molecular formula is C20H24N2O4. The number of esters is 1. The average molecular weight is 356 g/mol. The second kappa shape index (κ2) is 6.67. The standard InChI is InChI=1S/C20H24N2O4/c1-25-15-5-6-17-13(10-15)9-14(22-17)12-21-19(24)16-11-18(23)26-20(16)7-3-2-4-8-20/h5-6,9-10,16,22H,2-4,7-8,11-12H2,1H3,(H,21,24). The van der Waals surface area contributed by atoms with Crippen LogP contribution >= 0.6 is 0 Å². The fourth-order valence-corrected chi connectivity index (χ4v) is 4.32. The molecule has 26 heavy (non-hydrogen) atoms. The summed E-state index contributed by atoms with van der Waals surface area (Å²) in [6.07, 6.45) is 4.95. The quantitative estimate of drug-likeness (QED) is 0.825. The Kier molecular flexibility index (Phi) is 4.34. The van der Waals surface area contributed by atoms with Gasteiger partial charge >= 0.3 is 5.97 Å². The van der Waals surface area contributed by atoms with Gasteiger partial charge < -0.3 is 19.8 Å². The highest BCUT2D eigenvalue weighted by atomic mass is 16.6. The highest BCUT2D eigenvalue weighted by Crippen LogP contribution is 2.44. The van der Waals surface area contributed by atoms with Crippen LogP contribution in [-0.4, -0.2) is 29.6 Å². The fourth-order valence-electron chi connectivity index (χ4n) is 4.32. The van der Waals surface area contributed by atoms with Gasteiger partial charge in [0.25, 0.3) is 0 Å². The molecule has 2 aromatic rings. The molecule has 2 fully saturated rings. The second-order valence-corrected chi connectivity index (χ2v) is 7.32. The number of aromatic amines is 1. The average Bonchev–Trinajstić information content (AvgIpc) is 3.20. The summed E-state index contributed by atoms with van der Waals surface area (Å²) >= 11 is 0. The zero-order chi connectivity index (χ0) is 18.1. The summed E-state index contributed by atoms with van der Waals surface area (Å²) in [5.74, 6) is 0.0893. The third-order valence-electron chi connectivity index (χ3n) is 5.68. The molecule has 1 saturated heterocycles. The number of hydrogen-bond acceptors (Lipinski definition) is 4. The van der Waals surface area contributed by atoms with Crippen molar-refractivity contribution in [1.29, 1.82) is 0 Å². The number of carbonyl (C=O) groups excluding carboxylic acids is 2. The van der Waals surface area contributed by atoms with E-state index in [1.807, 2.05) is 24.3 Å². The molecular weight excluding hydrogens is 332 g/mol.